The van der Waals surface area contributed by atoms with Crippen molar-refractivity contribution in [3.05, 3.63) is 47.5 Å². The van der Waals surface area contributed by atoms with Crippen molar-refractivity contribution in [1.82, 2.24) is 0 Å². The molecule has 0 bridgehead atoms. The predicted molar refractivity (Wildman–Crippen MR) is 155 cm³/mol. The summed E-state index contributed by atoms with van der Waals surface area (Å²) in [7, 11) is 1.92. The fourth-order valence-corrected chi connectivity index (χ4v) is 9.73. The van der Waals surface area contributed by atoms with Crippen molar-refractivity contribution >= 4 is 5.97 Å². The number of hydrogen-bond donors (Lipinski definition) is 0. The van der Waals surface area contributed by atoms with Crippen molar-refractivity contribution in [3.63, 3.8) is 0 Å². The average molecular weight is 521 g/mol. The molecule has 0 N–H and O–H groups in total. The summed E-state index contributed by atoms with van der Waals surface area (Å²) in [6, 6.07) is 9.43. The summed E-state index contributed by atoms with van der Waals surface area (Å²) in [6.07, 6.45) is 15.1. The number of carbonyl (C=O) groups is 1. The van der Waals surface area contributed by atoms with Gasteiger partial charge in [0.2, 0.25) is 0 Å². The first-order valence-corrected chi connectivity index (χ1v) is 15.7. The standard InChI is InChI=1S/C35H52O3/c1-23(2)11-10-12-24(3)28-15-16-29-32-30(18-20-35(28,29)5)34(4)19-17-27(21-26(34)22-31(32)37-6)38-33(36)25-13-8-7-9-14-25/h7-9,13-14,22-24,27-32H,10-12,15-21H2,1-6H3/t24-,27-,28-,29+,30+,31+,32+,34-,35+/m0/s1. The molecule has 38 heavy (non-hydrogen) atoms. The number of esters is 1. The Balaban J connectivity index is 1.32. The maximum Gasteiger partial charge on any atom is 0.338 e. The van der Waals surface area contributed by atoms with E-state index in [1.54, 1.807) is 0 Å². The molecular weight excluding hydrogens is 468 g/mol. The highest BCUT2D eigenvalue weighted by Gasteiger charge is 2.61. The van der Waals surface area contributed by atoms with Gasteiger partial charge in [-0.3, -0.25) is 0 Å². The van der Waals surface area contributed by atoms with Gasteiger partial charge in [0.05, 0.1) is 11.7 Å². The second-order valence-electron chi connectivity index (χ2n) is 14.3. The van der Waals surface area contributed by atoms with Crippen LogP contribution in [0.15, 0.2) is 42.0 Å². The van der Waals surface area contributed by atoms with Crippen LogP contribution in [0, 0.1) is 46.3 Å². The zero-order chi connectivity index (χ0) is 27.1. The van der Waals surface area contributed by atoms with Gasteiger partial charge in [0, 0.05) is 13.5 Å². The lowest BCUT2D eigenvalue weighted by atomic mass is 9.46. The monoisotopic (exact) mass is 520 g/mol. The molecular formula is C35H52O3. The third-order valence-electron chi connectivity index (χ3n) is 11.8. The molecule has 4 aliphatic carbocycles. The third kappa shape index (κ3) is 5.02. The lowest BCUT2D eigenvalue weighted by Gasteiger charge is -2.60. The van der Waals surface area contributed by atoms with Crippen molar-refractivity contribution in [2.75, 3.05) is 7.11 Å². The van der Waals surface area contributed by atoms with E-state index in [2.05, 4.69) is 40.7 Å². The van der Waals surface area contributed by atoms with Gasteiger partial charge in [0.1, 0.15) is 6.10 Å². The van der Waals surface area contributed by atoms with Gasteiger partial charge in [-0.15, -0.1) is 0 Å². The van der Waals surface area contributed by atoms with Crippen LogP contribution in [0.25, 0.3) is 0 Å². The quantitative estimate of drug-likeness (QED) is 0.254. The molecule has 0 spiro atoms. The fraction of sp³-hybridized carbons (Fsp3) is 0.743. The number of benzene rings is 1. The van der Waals surface area contributed by atoms with Crippen LogP contribution >= 0.6 is 0 Å². The first-order valence-electron chi connectivity index (χ1n) is 15.7. The van der Waals surface area contributed by atoms with E-state index < -0.39 is 0 Å². The van der Waals surface area contributed by atoms with Crippen LogP contribution in [-0.2, 0) is 9.47 Å². The smallest absolute Gasteiger partial charge is 0.338 e. The Bertz CT molecular complexity index is 998. The Kier molecular flexibility index (Phi) is 8.17. The fourth-order valence-electron chi connectivity index (χ4n) is 9.73. The molecule has 0 unspecified atom stereocenters. The van der Waals surface area contributed by atoms with E-state index in [0.717, 1.165) is 42.9 Å². The minimum absolute atomic E-state index is 0.0347. The van der Waals surface area contributed by atoms with Crippen molar-refractivity contribution in [3.8, 4) is 0 Å². The lowest BCUT2D eigenvalue weighted by Crippen LogP contribution is -2.55. The molecule has 3 fully saturated rings. The number of rotatable bonds is 8. The molecule has 3 heteroatoms. The molecule has 210 valence electrons. The molecule has 4 aliphatic rings. The molecule has 1 aromatic rings. The Morgan fingerprint density at radius 2 is 1.74 bits per heavy atom. The summed E-state index contributed by atoms with van der Waals surface area (Å²) in [5.74, 6) is 4.34. The number of ether oxygens (including phenoxy) is 2. The van der Waals surface area contributed by atoms with Gasteiger partial charge >= 0.3 is 5.97 Å². The zero-order valence-corrected chi connectivity index (χ0v) is 24.9. The van der Waals surface area contributed by atoms with Crippen molar-refractivity contribution < 1.29 is 14.3 Å². The van der Waals surface area contributed by atoms with Crippen LogP contribution in [0.1, 0.15) is 109 Å². The van der Waals surface area contributed by atoms with Crippen molar-refractivity contribution in [2.24, 2.45) is 46.3 Å². The van der Waals surface area contributed by atoms with Crippen LogP contribution in [0.3, 0.4) is 0 Å². The van der Waals surface area contributed by atoms with Crippen LogP contribution < -0.4 is 0 Å². The van der Waals surface area contributed by atoms with Gasteiger partial charge in [-0.25, -0.2) is 4.79 Å². The summed E-state index contributed by atoms with van der Waals surface area (Å²) in [4.78, 5) is 12.8. The van der Waals surface area contributed by atoms with Gasteiger partial charge in [0.25, 0.3) is 0 Å². The van der Waals surface area contributed by atoms with E-state index >= 15 is 0 Å². The number of hydrogen-bond acceptors (Lipinski definition) is 3. The van der Waals surface area contributed by atoms with Crippen LogP contribution in [-0.4, -0.2) is 25.3 Å². The molecule has 1 aromatic carbocycles. The molecule has 0 aromatic heterocycles. The molecule has 0 amide bonds. The first kappa shape index (κ1) is 27.9. The maximum atomic E-state index is 12.8. The summed E-state index contributed by atoms with van der Waals surface area (Å²) >= 11 is 0. The molecule has 9 atom stereocenters. The Morgan fingerprint density at radius 1 is 0.974 bits per heavy atom. The normalized spacial score (nSPS) is 39.1. The predicted octanol–water partition coefficient (Wildman–Crippen LogP) is 8.88. The van der Waals surface area contributed by atoms with E-state index in [1.807, 2.05) is 37.4 Å². The van der Waals surface area contributed by atoms with E-state index in [4.69, 9.17) is 9.47 Å². The van der Waals surface area contributed by atoms with E-state index in [-0.39, 0.29) is 23.6 Å². The van der Waals surface area contributed by atoms with E-state index in [1.165, 1.54) is 50.5 Å². The number of fused-ring (bicyclic) bond motifs is 5. The van der Waals surface area contributed by atoms with Crippen LogP contribution in [0.4, 0.5) is 0 Å². The Hall–Kier alpha value is -1.61. The molecule has 0 saturated heterocycles. The second kappa shape index (κ2) is 11.1. The highest BCUT2D eigenvalue weighted by molar-refractivity contribution is 5.89. The summed E-state index contributed by atoms with van der Waals surface area (Å²) in [5.41, 5.74) is 2.79. The number of carbonyl (C=O) groups excluding carboxylic acids is 1. The third-order valence-corrected chi connectivity index (χ3v) is 11.8. The summed E-state index contributed by atoms with van der Waals surface area (Å²) in [6.45, 7) is 12.4. The van der Waals surface area contributed by atoms with Crippen molar-refractivity contribution in [1.29, 1.82) is 0 Å². The minimum atomic E-state index is -0.190. The van der Waals surface area contributed by atoms with E-state index in [9.17, 15) is 4.79 Å². The van der Waals surface area contributed by atoms with Gasteiger partial charge in [-0.1, -0.05) is 83.7 Å². The first-order chi connectivity index (χ1) is 18.2. The molecule has 5 rings (SSSR count). The average Bonchev–Trinajstić information content (AvgIpc) is 3.26. The number of methoxy groups -OCH3 is 1. The highest BCUT2D eigenvalue weighted by Crippen LogP contribution is 2.67. The summed E-state index contributed by atoms with van der Waals surface area (Å²) < 4.78 is 12.3. The maximum absolute atomic E-state index is 12.8. The zero-order valence-electron chi connectivity index (χ0n) is 24.9. The van der Waals surface area contributed by atoms with Gasteiger partial charge in [0.15, 0.2) is 0 Å². The van der Waals surface area contributed by atoms with Crippen molar-refractivity contribution in [2.45, 2.75) is 111 Å². The Morgan fingerprint density at radius 3 is 2.45 bits per heavy atom. The van der Waals surface area contributed by atoms with E-state index in [0.29, 0.717) is 22.8 Å². The molecule has 0 radical (unpaired) electrons. The second-order valence-corrected chi connectivity index (χ2v) is 14.3. The Labute approximate surface area is 232 Å². The molecule has 3 nitrogen and oxygen atoms in total. The van der Waals surface area contributed by atoms with Crippen LogP contribution in [0.2, 0.25) is 0 Å². The molecule has 0 aliphatic heterocycles. The van der Waals surface area contributed by atoms with Gasteiger partial charge in [-0.2, -0.15) is 0 Å². The topological polar surface area (TPSA) is 35.5 Å². The largest absolute Gasteiger partial charge is 0.458 e. The molecule has 0 heterocycles. The molecule has 3 saturated carbocycles. The highest BCUT2D eigenvalue weighted by atomic mass is 16.5. The van der Waals surface area contributed by atoms with Gasteiger partial charge in [-0.05, 0) is 97.0 Å². The summed E-state index contributed by atoms with van der Waals surface area (Å²) in [5, 5.41) is 0. The SMILES string of the molecule is CO[C@@H]1C=C2C[C@@H](OC(=O)c3ccccc3)CC[C@]2(C)[C@@H]2CC[C@@]3(C)[C@H](CC[C@H]3[C@@H](C)CCCC(C)C)[C@H]21. The van der Waals surface area contributed by atoms with Gasteiger partial charge < -0.3 is 9.47 Å². The lowest BCUT2D eigenvalue weighted by molar-refractivity contribution is -0.106. The minimum Gasteiger partial charge on any atom is -0.458 e. The van der Waals surface area contributed by atoms with Crippen LogP contribution in [0.5, 0.6) is 0 Å².